The van der Waals surface area contributed by atoms with Gasteiger partial charge in [0.2, 0.25) is 5.95 Å². The van der Waals surface area contributed by atoms with Gasteiger partial charge in [-0.15, -0.1) is 0 Å². The van der Waals surface area contributed by atoms with Crippen molar-refractivity contribution in [2.75, 3.05) is 18.5 Å². The summed E-state index contributed by atoms with van der Waals surface area (Å²) in [5.74, 6) is 0.697. The lowest BCUT2D eigenvalue weighted by Gasteiger charge is -2.03. The molecule has 4 nitrogen and oxygen atoms in total. The van der Waals surface area contributed by atoms with Gasteiger partial charge in [-0.05, 0) is 25.3 Å². The Morgan fingerprint density at radius 1 is 1.13 bits per heavy atom. The highest BCUT2D eigenvalue weighted by Gasteiger charge is 1.94. The van der Waals surface area contributed by atoms with Crippen LogP contribution in [0.15, 0.2) is 12.4 Å². The minimum absolute atomic E-state index is 0.300. The van der Waals surface area contributed by atoms with Crippen LogP contribution >= 0.6 is 0 Å². The third-order valence-electron chi connectivity index (χ3n) is 2.15. The normalized spacial score (nSPS) is 10.3. The van der Waals surface area contributed by atoms with Crippen molar-refractivity contribution in [1.29, 1.82) is 0 Å². The van der Waals surface area contributed by atoms with Crippen LogP contribution in [-0.4, -0.2) is 28.2 Å². The van der Waals surface area contributed by atoms with E-state index >= 15 is 0 Å². The Balaban J connectivity index is 2.07. The zero-order chi connectivity index (χ0) is 10.9. The largest absolute Gasteiger partial charge is 0.396 e. The lowest BCUT2D eigenvalue weighted by molar-refractivity contribution is 0.283. The van der Waals surface area contributed by atoms with Gasteiger partial charge in [-0.2, -0.15) is 0 Å². The van der Waals surface area contributed by atoms with E-state index in [9.17, 15) is 0 Å². The van der Waals surface area contributed by atoms with Gasteiger partial charge in [0.15, 0.2) is 0 Å². The molecule has 84 valence electrons. The van der Waals surface area contributed by atoms with Gasteiger partial charge in [-0.1, -0.05) is 12.8 Å². The van der Waals surface area contributed by atoms with Crippen LogP contribution in [0.2, 0.25) is 0 Å². The first-order valence-corrected chi connectivity index (χ1v) is 5.46. The molecule has 1 aromatic heterocycles. The maximum Gasteiger partial charge on any atom is 0.222 e. The molecule has 2 N–H and O–H groups in total. The first-order valence-electron chi connectivity index (χ1n) is 5.46. The fourth-order valence-corrected chi connectivity index (χ4v) is 1.27. The van der Waals surface area contributed by atoms with E-state index in [-0.39, 0.29) is 0 Å². The molecule has 0 saturated heterocycles. The van der Waals surface area contributed by atoms with E-state index in [1.807, 2.05) is 6.92 Å². The van der Waals surface area contributed by atoms with E-state index in [4.69, 9.17) is 5.11 Å². The van der Waals surface area contributed by atoms with Crippen molar-refractivity contribution >= 4 is 5.95 Å². The topological polar surface area (TPSA) is 58.0 Å². The second kappa shape index (κ2) is 7.17. The molecule has 0 aliphatic carbocycles. The summed E-state index contributed by atoms with van der Waals surface area (Å²) in [5.41, 5.74) is 1.07. The molecule has 0 spiro atoms. The third kappa shape index (κ3) is 5.32. The summed E-state index contributed by atoms with van der Waals surface area (Å²) in [5, 5.41) is 11.8. The zero-order valence-corrected chi connectivity index (χ0v) is 9.24. The highest BCUT2D eigenvalue weighted by atomic mass is 16.2. The molecule has 1 heterocycles. The SMILES string of the molecule is Cc1cnc(NCCCCCCO)nc1. The quantitative estimate of drug-likeness (QED) is 0.672. The molecule has 0 radical (unpaired) electrons. The third-order valence-corrected chi connectivity index (χ3v) is 2.15. The molecule has 1 aromatic rings. The number of rotatable bonds is 7. The number of nitrogens with one attached hydrogen (secondary N) is 1. The fourth-order valence-electron chi connectivity index (χ4n) is 1.27. The smallest absolute Gasteiger partial charge is 0.222 e. The van der Waals surface area contributed by atoms with Crippen molar-refractivity contribution in [3.63, 3.8) is 0 Å². The average Bonchev–Trinajstić information content (AvgIpc) is 2.26. The number of aliphatic hydroxyl groups excluding tert-OH is 1. The summed E-state index contributed by atoms with van der Waals surface area (Å²) < 4.78 is 0. The van der Waals surface area contributed by atoms with E-state index in [0.717, 1.165) is 37.8 Å². The Labute approximate surface area is 90.8 Å². The van der Waals surface area contributed by atoms with Crippen LogP contribution in [0, 0.1) is 6.92 Å². The number of hydrogen-bond donors (Lipinski definition) is 2. The van der Waals surface area contributed by atoms with Gasteiger partial charge in [-0.25, -0.2) is 9.97 Å². The van der Waals surface area contributed by atoms with Crippen LogP contribution in [0.25, 0.3) is 0 Å². The summed E-state index contributed by atoms with van der Waals surface area (Å²) in [4.78, 5) is 8.30. The van der Waals surface area contributed by atoms with Crippen molar-refractivity contribution in [2.45, 2.75) is 32.6 Å². The first kappa shape index (κ1) is 11.9. The van der Waals surface area contributed by atoms with Crippen LogP contribution < -0.4 is 5.32 Å². The van der Waals surface area contributed by atoms with Crippen LogP contribution in [0.1, 0.15) is 31.2 Å². The van der Waals surface area contributed by atoms with E-state index in [1.54, 1.807) is 12.4 Å². The second-order valence-electron chi connectivity index (χ2n) is 3.65. The van der Waals surface area contributed by atoms with Gasteiger partial charge in [-0.3, -0.25) is 0 Å². The maximum absolute atomic E-state index is 8.59. The minimum Gasteiger partial charge on any atom is -0.396 e. The van der Waals surface area contributed by atoms with Crippen molar-refractivity contribution < 1.29 is 5.11 Å². The standard InChI is InChI=1S/C11H19N3O/c1-10-8-13-11(14-9-10)12-6-4-2-3-5-7-15/h8-9,15H,2-7H2,1H3,(H,12,13,14). The second-order valence-corrected chi connectivity index (χ2v) is 3.65. The molecule has 0 aliphatic rings. The van der Waals surface area contributed by atoms with Gasteiger partial charge in [0.05, 0.1) is 0 Å². The maximum atomic E-state index is 8.59. The number of aromatic nitrogens is 2. The van der Waals surface area contributed by atoms with E-state index in [2.05, 4.69) is 15.3 Å². The lowest BCUT2D eigenvalue weighted by Crippen LogP contribution is -2.05. The summed E-state index contributed by atoms with van der Waals surface area (Å²) in [6.45, 7) is 3.17. The Morgan fingerprint density at radius 2 is 1.80 bits per heavy atom. The van der Waals surface area contributed by atoms with Crippen molar-refractivity contribution in [3.8, 4) is 0 Å². The number of aryl methyl sites for hydroxylation is 1. The van der Waals surface area contributed by atoms with Gasteiger partial charge in [0, 0.05) is 25.5 Å². The van der Waals surface area contributed by atoms with Crippen LogP contribution in [-0.2, 0) is 0 Å². The summed E-state index contributed by atoms with van der Waals surface area (Å²) in [7, 11) is 0. The molecule has 15 heavy (non-hydrogen) atoms. The van der Waals surface area contributed by atoms with E-state index < -0.39 is 0 Å². The van der Waals surface area contributed by atoms with Gasteiger partial charge < -0.3 is 10.4 Å². The highest BCUT2D eigenvalue weighted by Crippen LogP contribution is 2.01. The molecule has 0 aliphatic heterocycles. The number of unbranched alkanes of at least 4 members (excludes halogenated alkanes) is 3. The number of anilines is 1. The van der Waals surface area contributed by atoms with Crippen molar-refractivity contribution in [3.05, 3.63) is 18.0 Å². The molecular weight excluding hydrogens is 190 g/mol. The monoisotopic (exact) mass is 209 g/mol. The molecule has 4 heteroatoms. The molecule has 0 saturated carbocycles. The van der Waals surface area contributed by atoms with Crippen LogP contribution in [0.5, 0.6) is 0 Å². The summed E-state index contributed by atoms with van der Waals surface area (Å²) in [6.07, 6.45) is 7.84. The predicted octanol–water partition coefficient (Wildman–Crippen LogP) is 1.75. The van der Waals surface area contributed by atoms with Gasteiger partial charge >= 0.3 is 0 Å². The summed E-state index contributed by atoms with van der Waals surface area (Å²) >= 11 is 0. The molecular formula is C11H19N3O. The summed E-state index contributed by atoms with van der Waals surface area (Å²) in [6, 6.07) is 0. The van der Waals surface area contributed by atoms with Crippen molar-refractivity contribution in [1.82, 2.24) is 9.97 Å². The van der Waals surface area contributed by atoms with Crippen LogP contribution in [0.4, 0.5) is 5.95 Å². The Hall–Kier alpha value is -1.16. The molecule has 0 amide bonds. The zero-order valence-electron chi connectivity index (χ0n) is 9.24. The minimum atomic E-state index is 0.300. The molecule has 0 unspecified atom stereocenters. The predicted molar refractivity (Wildman–Crippen MR) is 60.8 cm³/mol. The molecule has 0 aromatic carbocycles. The van der Waals surface area contributed by atoms with Crippen LogP contribution in [0.3, 0.4) is 0 Å². The van der Waals surface area contributed by atoms with Gasteiger partial charge in [0.1, 0.15) is 0 Å². The Morgan fingerprint density at radius 3 is 2.47 bits per heavy atom. The highest BCUT2D eigenvalue weighted by molar-refractivity contribution is 5.23. The number of hydrogen-bond acceptors (Lipinski definition) is 4. The molecule has 0 bridgehead atoms. The van der Waals surface area contributed by atoms with Gasteiger partial charge in [0.25, 0.3) is 0 Å². The Kier molecular flexibility index (Phi) is 5.70. The number of aliphatic hydroxyl groups is 1. The average molecular weight is 209 g/mol. The van der Waals surface area contributed by atoms with E-state index in [0.29, 0.717) is 12.6 Å². The van der Waals surface area contributed by atoms with Crippen molar-refractivity contribution in [2.24, 2.45) is 0 Å². The Bertz CT molecular complexity index is 261. The molecule has 0 atom stereocenters. The fraction of sp³-hybridized carbons (Fsp3) is 0.636. The van der Waals surface area contributed by atoms with E-state index in [1.165, 1.54) is 0 Å². The molecule has 1 rings (SSSR count). The lowest BCUT2D eigenvalue weighted by atomic mass is 10.2. The molecule has 0 fully saturated rings. The first-order chi connectivity index (χ1) is 7.33. The number of nitrogens with zero attached hydrogens (tertiary/aromatic N) is 2.